The number of H-pyrrole nitrogens is 1. The standard InChI is InChI=1S/C65H102N16O27/c1-6-41(4)60(74-62(104)48(72-42(5)82)22-45-25-67-39-71-45)64(106)73-47(21-40(2)3)61(103)70-24-44-9-7-43(8-10-44)23-66-11-14-75(15-12-68-63(105)49(81(36-58(99)100)37-59(101)102)27-77(29-51(85)86)18-20-79(32-54(91)92)33-55(93)94)16-13-69-65(107)108-38-46(80(34-56(95)96)35-57(97)98)26-76(28-50(83)84)17-19-78(30-52(87)88)31-53(89)90/h7-10,25,39-41,46-49,60,66H,6,11-24,26-38H2,1-5H3,(H,67,71)(H,68,105)(H,69,107)(H,70,103)(H,72,82)(H,73,106)(H,74,104)(H,83,84)(H,85,86)(H,87,88)(H,89,90)(H,91,92)(H,93,94)(H,95,96)(H,97,98)(H,99,100)(H,101,102)/t41?,46-,47+,48+,49-,60+/m1/s1. The zero-order valence-corrected chi connectivity index (χ0v) is 60.8. The van der Waals surface area contributed by atoms with Crippen LogP contribution in [0.1, 0.15) is 64.3 Å². The van der Waals surface area contributed by atoms with E-state index < -0.39 is 230 Å². The number of ether oxygens (including phenoxy) is 1. The second-order valence-corrected chi connectivity index (χ2v) is 25.8. The highest BCUT2D eigenvalue weighted by Crippen LogP contribution is 2.15. The summed E-state index contributed by atoms with van der Waals surface area (Å²) in [4.78, 5) is 214. The van der Waals surface area contributed by atoms with Gasteiger partial charge in [0, 0.05) is 117 Å². The molecule has 0 saturated heterocycles. The number of alkyl carbamates (subject to hydrolysis) is 1. The summed E-state index contributed by atoms with van der Waals surface area (Å²) >= 11 is 0. The Morgan fingerprint density at radius 1 is 0.463 bits per heavy atom. The summed E-state index contributed by atoms with van der Waals surface area (Å²) in [6, 6.07) is 0.775. The molecule has 0 aliphatic heterocycles. The topological polar surface area (TPSA) is 620 Å². The van der Waals surface area contributed by atoms with Gasteiger partial charge in [-0.3, -0.25) is 106 Å². The smallest absolute Gasteiger partial charge is 0.407 e. The molecule has 0 radical (unpaired) electrons. The molecule has 43 nitrogen and oxygen atoms in total. The van der Waals surface area contributed by atoms with Gasteiger partial charge in [-0.1, -0.05) is 58.4 Å². The number of carboxylic acid groups (broad SMARTS) is 10. The van der Waals surface area contributed by atoms with Crippen molar-refractivity contribution in [3.05, 3.63) is 53.6 Å². The fourth-order valence-corrected chi connectivity index (χ4v) is 11.0. The molecule has 43 heteroatoms. The molecule has 108 heavy (non-hydrogen) atoms. The van der Waals surface area contributed by atoms with Gasteiger partial charge in [-0.05, 0) is 29.4 Å². The second kappa shape index (κ2) is 50.1. The highest BCUT2D eigenvalue weighted by atomic mass is 16.5. The first-order valence-corrected chi connectivity index (χ1v) is 34.2. The maximum absolute atomic E-state index is 14.2. The van der Waals surface area contributed by atoms with Crippen molar-refractivity contribution in [2.75, 3.05) is 151 Å². The number of aromatic nitrogens is 2. The fraction of sp³-hybridized carbons (Fsp3) is 0.615. The summed E-state index contributed by atoms with van der Waals surface area (Å²) in [7, 11) is 0. The molecule has 6 amide bonds. The number of nitrogens with zero attached hydrogens (tertiary/aromatic N) is 8. The number of carbonyl (C=O) groups is 16. The Labute approximate surface area is 620 Å². The van der Waals surface area contributed by atoms with E-state index in [-0.39, 0.29) is 84.2 Å². The van der Waals surface area contributed by atoms with Gasteiger partial charge in [0.1, 0.15) is 30.8 Å². The molecule has 1 heterocycles. The van der Waals surface area contributed by atoms with Crippen LogP contribution in [0, 0.1) is 11.8 Å². The van der Waals surface area contributed by atoms with Crippen LogP contribution in [0.5, 0.6) is 0 Å². The number of aliphatic carboxylic acids is 10. The quantitative estimate of drug-likeness (QED) is 0.0275. The number of imidazole rings is 1. The SMILES string of the molecule is CCC(C)[C@H](NC(=O)[C@H](Cc1cnc[nH]1)NC(C)=O)C(=O)N[C@@H](CC(C)C)C(=O)NCc1ccc(CNCCN(CCNC(=O)OC[C@@H](CN(CCN(CC(=O)O)CC(=O)O)CC(=O)O)N(CC(=O)O)CC(=O)O)CCNC(=O)[C@@H](CN(CCN(CC(=O)O)CC(=O)O)CC(=O)O)N(CC(=O)O)CC(=O)O)cc1. The molecule has 0 fully saturated rings. The number of carbonyl (C=O) groups excluding carboxylic acids is 6. The summed E-state index contributed by atoms with van der Waals surface area (Å²) in [5.41, 5.74) is 1.98. The zero-order valence-electron chi connectivity index (χ0n) is 60.8. The van der Waals surface area contributed by atoms with Crippen molar-refractivity contribution in [1.29, 1.82) is 0 Å². The lowest BCUT2D eigenvalue weighted by atomic mass is 9.96. The van der Waals surface area contributed by atoms with E-state index in [0.29, 0.717) is 17.7 Å². The molecule has 0 bridgehead atoms. The van der Waals surface area contributed by atoms with Gasteiger partial charge >= 0.3 is 65.8 Å². The molecule has 604 valence electrons. The van der Waals surface area contributed by atoms with Gasteiger partial charge in [0.15, 0.2) is 0 Å². The van der Waals surface area contributed by atoms with Crippen molar-refractivity contribution in [2.45, 2.75) is 97.2 Å². The Kier molecular flexibility index (Phi) is 43.4. The van der Waals surface area contributed by atoms with E-state index in [9.17, 15) is 128 Å². The molecular formula is C65H102N16O27. The molecule has 2 aromatic rings. The minimum Gasteiger partial charge on any atom is -0.480 e. The van der Waals surface area contributed by atoms with Crippen LogP contribution in [-0.2, 0) is 96.2 Å². The monoisotopic (exact) mass is 1540 g/mol. The number of benzene rings is 1. The third-order valence-electron chi connectivity index (χ3n) is 16.2. The first kappa shape index (κ1) is 93.5. The van der Waals surface area contributed by atoms with Crippen molar-refractivity contribution in [3.63, 3.8) is 0 Å². The van der Waals surface area contributed by atoms with E-state index >= 15 is 0 Å². The molecule has 0 aliphatic rings. The Morgan fingerprint density at radius 2 is 0.907 bits per heavy atom. The predicted octanol–water partition coefficient (Wildman–Crippen LogP) is -5.54. The molecule has 2 rings (SSSR count). The molecule has 18 N–H and O–H groups in total. The van der Waals surface area contributed by atoms with Crippen molar-refractivity contribution in [2.24, 2.45) is 11.8 Å². The van der Waals surface area contributed by atoms with Crippen molar-refractivity contribution in [3.8, 4) is 0 Å². The summed E-state index contributed by atoms with van der Waals surface area (Å²) < 4.78 is 5.43. The van der Waals surface area contributed by atoms with Gasteiger partial charge < -0.3 is 98.0 Å². The highest BCUT2D eigenvalue weighted by molar-refractivity contribution is 5.94. The molecular weight excluding hydrogens is 1440 g/mol. The molecule has 1 unspecified atom stereocenters. The Balaban J connectivity index is 2.45. The Hall–Kier alpha value is -10.6. The van der Waals surface area contributed by atoms with Gasteiger partial charge in [-0.2, -0.15) is 0 Å². The van der Waals surface area contributed by atoms with E-state index in [1.165, 1.54) is 19.4 Å². The summed E-state index contributed by atoms with van der Waals surface area (Å²) in [6.45, 7) is -3.87. The van der Waals surface area contributed by atoms with Crippen LogP contribution in [-0.4, -0.2) is 371 Å². The second-order valence-electron chi connectivity index (χ2n) is 25.8. The van der Waals surface area contributed by atoms with Gasteiger partial charge in [0.25, 0.3) is 0 Å². The molecule has 1 aromatic heterocycles. The van der Waals surface area contributed by atoms with E-state index in [1.54, 1.807) is 36.1 Å². The Bertz CT molecular complexity index is 3230. The average Bonchev–Trinajstić information content (AvgIpc) is 1.02. The van der Waals surface area contributed by atoms with Crippen LogP contribution in [0.15, 0.2) is 36.8 Å². The minimum absolute atomic E-state index is 0.0377. The van der Waals surface area contributed by atoms with E-state index in [0.717, 1.165) is 35.0 Å². The third-order valence-corrected chi connectivity index (χ3v) is 16.2. The summed E-state index contributed by atoms with van der Waals surface area (Å²) in [5, 5.41) is 115. The van der Waals surface area contributed by atoms with Gasteiger partial charge in [0.05, 0.1) is 77.8 Å². The number of amides is 6. The zero-order chi connectivity index (χ0) is 81.2. The molecule has 6 atom stereocenters. The lowest BCUT2D eigenvalue weighted by Gasteiger charge is -2.33. The third kappa shape index (κ3) is 41.4. The largest absolute Gasteiger partial charge is 0.480 e. The first-order valence-electron chi connectivity index (χ1n) is 34.2. The maximum atomic E-state index is 14.2. The minimum atomic E-state index is -1.73. The van der Waals surface area contributed by atoms with Crippen molar-refractivity contribution >= 4 is 95.3 Å². The first-order chi connectivity index (χ1) is 50.8. The molecule has 0 aliphatic carbocycles. The number of rotatable bonds is 60. The van der Waals surface area contributed by atoms with Gasteiger partial charge in [0.2, 0.25) is 29.5 Å². The number of nitrogens with one attached hydrogen (secondary N) is 8. The van der Waals surface area contributed by atoms with Crippen LogP contribution in [0.2, 0.25) is 0 Å². The van der Waals surface area contributed by atoms with Gasteiger partial charge in [-0.25, -0.2) is 9.78 Å². The summed E-state index contributed by atoms with van der Waals surface area (Å²) in [5.74, 6) is -18.5. The lowest BCUT2D eigenvalue weighted by molar-refractivity contribution is -0.147. The van der Waals surface area contributed by atoms with Crippen molar-refractivity contribution in [1.82, 2.24) is 81.5 Å². The Morgan fingerprint density at radius 3 is 1.36 bits per heavy atom. The maximum Gasteiger partial charge on any atom is 0.407 e. The van der Waals surface area contributed by atoms with Crippen LogP contribution >= 0.6 is 0 Å². The predicted molar refractivity (Wildman–Crippen MR) is 374 cm³/mol. The molecule has 0 saturated carbocycles. The fourth-order valence-electron chi connectivity index (χ4n) is 11.0. The average molecular weight is 1540 g/mol. The normalized spacial score (nSPS) is 13.1. The van der Waals surface area contributed by atoms with E-state index in [4.69, 9.17) is 4.74 Å². The van der Waals surface area contributed by atoms with E-state index in [2.05, 4.69) is 47.2 Å². The highest BCUT2D eigenvalue weighted by Gasteiger charge is 2.36. The molecule has 1 aromatic carbocycles. The van der Waals surface area contributed by atoms with Gasteiger partial charge in [-0.15, -0.1) is 0 Å². The van der Waals surface area contributed by atoms with Crippen LogP contribution in [0.25, 0.3) is 0 Å². The van der Waals surface area contributed by atoms with Crippen molar-refractivity contribution < 1.29 is 133 Å². The van der Waals surface area contributed by atoms with Crippen LogP contribution in [0.4, 0.5) is 4.79 Å². The summed E-state index contributed by atoms with van der Waals surface area (Å²) in [6.07, 6.45) is 2.52. The van der Waals surface area contributed by atoms with Crippen LogP contribution < -0.4 is 37.2 Å². The number of carboxylic acids is 10. The van der Waals surface area contributed by atoms with Crippen LogP contribution in [0.3, 0.4) is 0 Å². The molecule has 0 spiro atoms. The number of hydrogen-bond donors (Lipinski definition) is 18. The van der Waals surface area contributed by atoms with E-state index in [1.807, 2.05) is 20.8 Å². The lowest BCUT2D eigenvalue weighted by Crippen LogP contribution is -2.58. The number of aromatic amines is 1. The number of hydrogen-bond acceptors (Lipinski definition) is 26.